The Hall–Kier alpha value is -5.72. The van der Waals surface area contributed by atoms with Crippen molar-refractivity contribution in [2.24, 2.45) is 5.92 Å². The average Bonchev–Trinajstić information content (AvgIpc) is 4.21. The maximum absolute atomic E-state index is 9.64. The molecule has 12 heteroatoms. The molecular formula is C48H54N8O4. The first kappa shape index (κ1) is 38.5. The first-order valence-corrected chi connectivity index (χ1v) is 21.5. The third-order valence-electron chi connectivity index (χ3n) is 13.0. The first-order chi connectivity index (χ1) is 29.4. The molecule has 4 heterocycles. The van der Waals surface area contributed by atoms with E-state index in [2.05, 4.69) is 86.3 Å². The number of methoxy groups -OCH3 is 1. The quantitative estimate of drug-likeness (QED) is 0.123. The van der Waals surface area contributed by atoms with E-state index in [1.807, 2.05) is 20.2 Å². The van der Waals surface area contributed by atoms with Crippen molar-refractivity contribution in [3.63, 3.8) is 0 Å². The molecular weight excluding hydrogens is 753 g/mol. The van der Waals surface area contributed by atoms with Crippen LogP contribution in [0.4, 0.5) is 23.0 Å². The Morgan fingerprint density at radius 2 is 1.32 bits per heavy atom. The van der Waals surface area contributed by atoms with E-state index in [9.17, 15) is 10.2 Å². The molecule has 0 amide bonds. The van der Waals surface area contributed by atoms with Crippen molar-refractivity contribution in [2.75, 3.05) is 86.8 Å². The molecule has 12 nitrogen and oxygen atoms in total. The van der Waals surface area contributed by atoms with Gasteiger partial charge < -0.3 is 39.3 Å². The minimum absolute atomic E-state index is 0.0845. The lowest BCUT2D eigenvalue weighted by atomic mass is 10.0. The molecule has 2 N–H and O–H groups in total. The van der Waals surface area contributed by atoms with Gasteiger partial charge in [-0.15, -0.1) is 0 Å². The summed E-state index contributed by atoms with van der Waals surface area (Å²) in [6.07, 6.45) is 5.06. The number of rotatable bonds is 14. The predicted molar refractivity (Wildman–Crippen MR) is 237 cm³/mol. The van der Waals surface area contributed by atoms with Gasteiger partial charge >= 0.3 is 0 Å². The van der Waals surface area contributed by atoms with E-state index in [1.165, 1.54) is 22.3 Å². The Bertz CT molecular complexity index is 2560. The van der Waals surface area contributed by atoms with Crippen molar-refractivity contribution in [3.05, 3.63) is 107 Å². The summed E-state index contributed by atoms with van der Waals surface area (Å²) >= 11 is 0. The molecule has 60 heavy (non-hydrogen) atoms. The molecule has 0 spiro atoms. The average molecular weight is 807 g/mol. The van der Waals surface area contributed by atoms with Gasteiger partial charge in [0.2, 0.25) is 0 Å². The highest BCUT2D eigenvalue weighted by molar-refractivity contribution is 5.93. The van der Waals surface area contributed by atoms with Crippen LogP contribution in [0.5, 0.6) is 11.5 Å². The third-order valence-corrected chi connectivity index (χ3v) is 13.0. The molecule has 2 unspecified atom stereocenters. The molecule has 0 saturated heterocycles. The van der Waals surface area contributed by atoms with Crippen LogP contribution in [0.2, 0.25) is 0 Å². The standard InChI is InChI=1S/C48H54N8O4/c1-53(20-22-57)34-12-14-41-38(25-34)47(51-45(49-41)31-10-11-31)55-18-16-30-6-4-9-44(36(30)17-19-55)60-29-33-24-37(33)46-50-42-15-13-35(54(2)21-23-58)26-39(42)48(52-46)56-27-32-7-5-8-43(59-3)40(32)28-56/h4-9,12-15,25-26,31,33,37,57-58H,10-11,16-24,27-29H2,1-3H3. The zero-order chi connectivity index (χ0) is 40.9. The lowest BCUT2D eigenvalue weighted by Gasteiger charge is -2.25. The first-order valence-electron chi connectivity index (χ1n) is 21.5. The van der Waals surface area contributed by atoms with Gasteiger partial charge in [0.15, 0.2) is 0 Å². The van der Waals surface area contributed by atoms with Gasteiger partial charge in [-0.1, -0.05) is 24.3 Å². The summed E-state index contributed by atoms with van der Waals surface area (Å²) in [5.41, 5.74) is 9.07. The molecule has 10 rings (SSSR count). The lowest BCUT2D eigenvalue weighted by molar-refractivity contribution is 0.293. The van der Waals surface area contributed by atoms with Crippen LogP contribution in [0.15, 0.2) is 72.8 Å². The molecule has 2 atom stereocenters. The predicted octanol–water partition coefficient (Wildman–Crippen LogP) is 6.62. The van der Waals surface area contributed by atoms with Crippen molar-refractivity contribution >= 4 is 44.8 Å². The normalized spacial score (nSPS) is 18.4. The maximum atomic E-state index is 9.64. The molecule has 2 fully saturated rings. The van der Waals surface area contributed by atoms with Gasteiger partial charge in [0, 0.05) is 98.8 Å². The van der Waals surface area contributed by atoms with Crippen LogP contribution in [-0.2, 0) is 25.9 Å². The van der Waals surface area contributed by atoms with Crippen molar-refractivity contribution < 1.29 is 19.7 Å². The van der Waals surface area contributed by atoms with Crippen LogP contribution in [-0.4, -0.2) is 97.4 Å². The SMILES string of the molecule is COc1cccc2c1CN(c1nc(C3CC3COc3cccc4c3CCN(c3nc(C5CC5)nc5ccc(N(C)CCO)cc35)CC4)nc3ccc(N(C)CCO)cc13)C2. The van der Waals surface area contributed by atoms with E-state index >= 15 is 0 Å². The highest BCUT2D eigenvalue weighted by atomic mass is 16.5. The fourth-order valence-corrected chi connectivity index (χ4v) is 9.21. The van der Waals surface area contributed by atoms with E-state index in [-0.39, 0.29) is 19.1 Å². The maximum Gasteiger partial charge on any atom is 0.140 e. The fraction of sp³-hybridized carbons (Fsp3) is 0.417. The molecule has 0 radical (unpaired) electrons. The van der Waals surface area contributed by atoms with Gasteiger partial charge in [0.25, 0.3) is 0 Å². The number of nitrogens with zero attached hydrogens (tertiary/aromatic N) is 8. The van der Waals surface area contributed by atoms with E-state index < -0.39 is 0 Å². The molecule has 4 aliphatic rings. The number of aromatic nitrogens is 4. The van der Waals surface area contributed by atoms with Crippen molar-refractivity contribution in [1.82, 2.24) is 19.9 Å². The monoisotopic (exact) mass is 806 g/mol. The second kappa shape index (κ2) is 16.0. The Morgan fingerprint density at radius 1 is 0.683 bits per heavy atom. The molecule has 2 aliphatic heterocycles. The van der Waals surface area contributed by atoms with Crippen LogP contribution < -0.4 is 29.1 Å². The summed E-state index contributed by atoms with van der Waals surface area (Å²) in [5, 5.41) is 21.3. The van der Waals surface area contributed by atoms with Gasteiger partial charge in [-0.25, -0.2) is 19.9 Å². The summed E-state index contributed by atoms with van der Waals surface area (Å²) < 4.78 is 12.5. The molecule has 2 aromatic heterocycles. The zero-order valence-electron chi connectivity index (χ0n) is 34.8. The van der Waals surface area contributed by atoms with E-state index in [4.69, 9.17) is 29.4 Å². The Balaban J connectivity index is 0.878. The van der Waals surface area contributed by atoms with E-state index in [0.29, 0.717) is 38.1 Å². The van der Waals surface area contributed by atoms with Crippen LogP contribution in [0.25, 0.3) is 21.8 Å². The Morgan fingerprint density at radius 3 is 2.00 bits per heavy atom. The van der Waals surface area contributed by atoms with Gasteiger partial charge in [-0.05, 0) is 97.3 Å². The number of aliphatic hydroxyl groups is 2. The van der Waals surface area contributed by atoms with Crippen LogP contribution in [0.3, 0.4) is 0 Å². The number of aliphatic hydroxyl groups excluding tert-OH is 2. The summed E-state index contributed by atoms with van der Waals surface area (Å²) in [5.74, 6) is 6.66. The molecule has 310 valence electrons. The molecule has 0 bridgehead atoms. The summed E-state index contributed by atoms with van der Waals surface area (Å²) in [4.78, 5) is 29.7. The van der Waals surface area contributed by atoms with Crippen LogP contribution in [0.1, 0.15) is 65.0 Å². The summed E-state index contributed by atoms with van der Waals surface area (Å²) in [7, 11) is 5.75. The Kier molecular flexibility index (Phi) is 10.3. The van der Waals surface area contributed by atoms with Crippen molar-refractivity contribution in [3.8, 4) is 11.5 Å². The van der Waals surface area contributed by atoms with E-state index in [0.717, 1.165) is 120 Å². The fourth-order valence-electron chi connectivity index (χ4n) is 9.21. The minimum atomic E-state index is 0.0845. The van der Waals surface area contributed by atoms with Gasteiger partial charge in [-0.2, -0.15) is 0 Å². The molecule has 4 aromatic carbocycles. The zero-order valence-corrected chi connectivity index (χ0v) is 34.8. The number of ether oxygens (including phenoxy) is 2. The second-order valence-electron chi connectivity index (χ2n) is 17.0. The number of hydrogen-bond donors (Lipinski definition) is 2. The second-order valence-corrected chi connectivity index (χ2v) is 17.0. The topological polar surface area (TPSA) is 123 Å². The third kappa shape index (κ3) is 7.40. The van der Waals surface area contributed by atoms with Crippen molar-refractivity contribution in [1.29, 1.82) is 0 Å². The van der Waals surface area contributed by atoms with Crippen molar-refractivity contribution in [2.45, 2.75) is 57.0 Å². The number of benzene rings is 4. The molecule has 2 saturated carbocycles. The van der Waals surface area contributed by atoms with E-state index in [1.54, 1.807) is 7.11 Å². The van der Waals surface area contributed by atoms with Gasteiger partial charge in [0.05, 0.1) is 38.0 Å². The molecule has 6 aromatic rings. The Labute approximate surface area is 351 Å². The number of hydrogen-bond acceptors (Lipinski definition) is 12. The highest BCUT2D eigenvalue weighted by Gasteiger charge is 2.42. The number of fused-ring (bicyclic) bond motifs is 4. The van der Waals surface area contributed by atoms with Crippen LogP contribution in [0, 0.1) is 5.92 Å². The summed E-state index contributed by atoms with van der Waals surface area (Å²) in [6.45, 7) is 5.08. The minimum Gasteiger partial charge on any atom is -0.496 e. The van der Waals surface area contributed by atoms with Gasteiger partial charge in [-0.3, -0.25) is 0 Å². The molecule has 2 aliphatic carbocycles. The largest absolute Gasteiger partial charge is 0.496 e. The lowest BCUT2D eigenvalue weighted by Crippen LogP contribution is -2.28. The summed E-state index contributed by atoms with van der Waals surface area (Å²) in [6, 6.07) is 25.5. The van der Waals surface area contributed by atoms with Gasteiger partial charge in [0.1, 0.15) is 34.8 Å². The highest BCUT2D eigenvalue weighted by Crippen LogP contribution is 2.48. The van der Waals surface area contributed by atoms with Crippen LogP contribution >= 0.6 is 0 Å². The number of likely N-dealkylation sites (N-methyl/N-ethyl adjacent to an activating group) is 2. The number of anilines is 4. The smallest absolute Gasteiger partial charge is 0.140 e.